The third-order valence-corrected chi connectivity index (χ3v) is 3.32. The zero-order valence-electron chi connectivity index (χ0n) is 12.7. The SMILES string of the molecule is C=CCN(CC=C)c1cc(C)c(F)cc1C(C)NCC. The molecule has 3 heteroatoms. The average molecular weight is 276 g/mol. The van der Waals surface area contributed by atoms with Gasteiger partial charge in [0.25, 0.3) is 0 Å². The van der Waals surface area contributed by atoms with Crippen molar-refractivity contribution in [3.8, 4) is 0 Å². The summed E-state index contributed by atoms with van der Waals surface area (Å²) in [6.45, 7) is 15.7. The van der Waals surface area contributed by atoms with Gasteiger partial charge in [0.15, 0.2) is 0 Å². The van der Waals surface area contributed by atoms with Crippen LogP contribution in [0.2, 0.25) is 0 Å². The topological polar surface area (TPSA) is 15.3 Å². The Balaban J connectivity index is 3.28. The molecule has 0 aliphatic carbocycles. The van der Waals surface area contributed by atoms with Gasteiger partial charge in [-0.15, -0.1) is 13.2 Å². The summed E-state index contributed by atoms with van der Waals surface area (Å²) in [5.41, 5.74) is 2.67. The second-order valence-corrected chi connectivity index (χ2v) is 4.92. The molecule has 0 aromatic heterocycles. The third kappa shape index (κ3) is 3.94. The van der Waals surface area contributed by atoms with E-state index in [4.69, 9.17) is 0 Å². The Morgan fingerprint density at radius 2 is 1.90 bits per heavy atom. The second kappa shape index (κ2) is 7.85. The molecule has 1 aromatic carbocycles. The summed E-state index contributed by atoms with van der Waals surface area (Å²) in [7, 11) is 0. The molecule has 1 atom stereocenters. The van der Waals surface area contributed by atoms with Gasteiger partial charge >= 0.3 is 0 Å². The summed E-state index contributed by atoms with van der Waals surface area (Å²) < 4.78 is 13.9. The Morgan fingerprint density at radius 3 is 2.40 bits per heavy atom. The van der Waals surface area contributed by atoms with E-state index >= 15 is 0 Å². The molecular formula is C17H25FN2. The first-order chi connectivity index (χ1) is 9.54. The van der Waals surface area contributed by atoms with Crippen LogP contribution in [0.1, 0.15) is 31.0 Å². The van der Waals surface area contributed by atoms with E-state index in [9.17, 15) is 4.39 Å². The van der Waals surface area contributed by atoms with Crippen LogP contribution < -0.4 is 10.2 Å². The smallest absolute Gasteiger partial charge is 0.126 e. The van der Waals surface area contributed by atoms with E-state index in [1.807, 2.05) is 25.1 Å². The minimum Gasteiger partial charge on any atom is -0.364 e. The molecule has 110 valence electrons. The minimum atomic E-state index is -0.161. The van der Waals surface area contributed by atoms with Gasteiger partial charge in [0.1, 0.15) is 5.82 Å². The maximum atomic E-state index is 13.9. The Morgan fingerprint density at radius 1 is 1.30 bits per heavy atom. The summed E-state index contributed by atoms with van der Waals surface area (Å²) in [6.07, 6.45) is 3.70. The predicted octanol–water partition coefficient (Wildman–Crippen LogP) is 3.98. The monoisotopic (exact) mass is 276 g/mol. The molecule has 0 saturated carbocycles. The number of benzene rings is 1. The molecule has 0 saturated heterocycles. The van der Waals surface area contributed by atoms with Crippen LogP contribution >= 0.6 is 0 Å². The van der Waals surface area contributed by atoms with Crippen molar-refractivity contribution in [2.75, 3.05) is 24.5 Å². The summed E-state index contributed by atoms with van der Waals surface area (Å²) in [4.78, 5) is 2.15. The fraction of sp³-hybridized carbons (Fsp3) is 0.412. The van der Waals surface area contributed by atoms with E-state index in [1.165, 1.54) is 0 Å². The number of aryl methyl sites for hydroxylation is 1. The van der Waals surface area contributed by atoms with Gasteiger partial charge in [0.2, 0.25) is 0 Å². The van der Waals surface area contributed by atoms with Crippen molar-refractivity contribution < 1.29 is 4.39 Å². The molecule has 1 aromatic rings. The van der Waals surface area contributed by atoms with Crippen molar-refractivity contribution in [2.24, 2.45) is 0 Å². The van der Waals surface area contributed by atoms with Crippen molar-refractivity contribution in [1.29, 1.82) is 0 Å². The van der Waals surface area contributed by atoms with Crippen LogP contribution in [-0.4, -0.2) is 19.6 Å². The lowest BCUT2D eigenvalue weighted by molar-refractivity contribution is 0.578. The van der Waals surface area contributed by atoms with Crippen LogP contribution in [-0.2, 0) is 0 Å². The lowest BCUT2D eigenvalue weighted by atomic mass is 10.0. The highest BCUT2D eigenvalue weighted by Crippen LogP contribution is 2.29. The standard InChI is InChI=1S/C17H25FN2/c1-6-9-20(10-7-2)17-11-13(4)16(18)12-15(17)14(5)19-8-3/h6-7,11-12,14,19H,1-2,8-10H2,3-5H3. The number of hydrogen-bond acceptors (Lipinski definition) is 2. The number of nitrogens with one attached hydrogen (secondary N) is 1. The first-order valence-electron chi connectivity index (χ1n) is 7.05. The highest BCUT2D eigenvalue weighted by molar-refractivity contribution is 5.58. The molecule has 0 aliphatic heterocycles. The normalized spacial score (nSPS) is 12.0. The van der Waals surface area contributed by atoms with Crippen LogP contribution in [0.25, 0.3) is 0 Å². The minimum absolute atomic E-state index is 0.0993. The zero-order valence-corrected chi connectivity index (χ0v) is 12.7. The lowest BCUT2D eigenvalue weighted by Crippen LogP contribution is -2.27. The van der Waals surface area contributed by atoms with E-state index in [2.05, 4.69) is 30.3 Å². The van der Waals surface area contributed by atoms with Crippen LogP contribution in [0.15, 0.2) is 37.4 Å². The molecule has 0 radical (unpaired) electrons. The molecule has 1 rings (SSSR count). The molecule has 1 unspecified atom stereocenters. The predicted molar refractivity (Wildman–Crippen MR) is 85.8 cm³/mol. The number of hydrogen-bond donors (Lipinski definition) is 1. The molecular weight excluding hydrogens is 251 g/mol. The maximum Gasteiger partial charge on any atom is 0.126 e. The van der Waals surface area contributed by atoms with Crippen molar-refractivity contribution in [2.45, 2.75) is 26.8 Å². The second-order valence-electron chi connectivity index (χ2n) is 4.92. The van der Waals surface area contributed by atoms with Gasteiger partial charge in [0.05, 0.1) is 0 Å². The molecule has 1 N–H and O–H groups in total. The van der Waals surface area contributed by atoms with Crippen LogP contribution in [0.4, 0.5) is 10.1 Å². The van der Waals surface area contributed by atoms with E-state index in [1.54, 1.807) is 13.0 Å². The Bertz CT molecular complexity index is 458. The number of halogens is 1. The average Bonchev–Trinajstić information content (AvgIpc) is 2.41. The first kappa shape index (κ1) is 16.4. The van der Waals surface area contributed by atoms with Gasteiger partial charge in [-0.1, -0.05) is 19.1 Å². The fourth-order valence-corrected chi connectivity index (χ4v) is 2.30. The maximum absolute atomic E-state index is 13.9. The van der Waals surface area contributed by atoms with Crippen molar-refractivity contribution in [1.82, 2.24) is 5.32 Å². The zero-order chi connectivity index (χ0) is 15.1. The molecule has 2 nitrogen and oxygen atoms in total. The number of rotatable bonds is 8. The Hall–Kier alpha value is -1.61. The third-order valence-electron chi connectivity index (χ3n) is 3.32. The highest BCUT2D eigenvalue weighted by Gasteiger charge is 2.16. The molecule has 20 heavy (non-hydrogen) atoms. The molecule has 0 amide bonds. The highest BCUT2D eigenvalue weighted by atomic mass is 19.1. The molecule has 0 bridgehead atoms. The van der Waals surface area contributed by atoms with Crippen LogP contribution in [0.3, 0.4) is 0 Å². The molecule has 0 spiro atoms. The van der Waals surface area contributed by atoms with Gasteiger partial charge in [-0.3, -0.25) is 0 Å². The van der Waals surface area contributed by atoms with E-state index in [0.29, 0.717) is 18.7 Å². The van der Waals surface area contributed by atoms with Crippen LogP contribution in [0.5, 0.6) is 0 Å². The van der Waals surface area contributed by atoms with E-state index in [-0.39, 0.29) is 11.9 Å². The molecule has 0 fully saturated rings. The Kier molecular flexibility index (Phi) is 6.46. The summed E-state index contributed by atoms with van der Waals surface area (Å²) in [5, 5.41) is 3.34. The van der Waals surface area contributed by atoms with Gasteiger partial charge in [0, 0.05) is 24.8 Å². The number of anilines is 1. The van der Waals surface area contributed by atoms with E-state index in [0.717, 1.165) is 17.8 Å². The summed E-state index contributed by atoms with van der Waals surface area (Å²) in [6, 6.07) is 3.64. The first-order valence-corrected chi connectivity index (χ1v) is 7.05. The fourth-order valence-electron chi connectivity index (χ4n) is 2.30. The Labute approximate surface area is 122 Å². The number of nitrogens with zero attached hydrogens (tertiary/aromatic N) is 1. The lowest BCUT2D eigenvalue weighted by Gasteiger charge is -2.28. The van der Waals surface area contributed by atoms with Crippen molar-refractivity contribution in [3.05, 3.63) is 54.4 Å². The molecule has 0 aliphatic rings. The van der Waals surface area contributed by atoms with Crippen molar-refractivity contribution >= 4 is 5.69 Å². The van der Waals surface area contributed by atoms with Gasteiger partial charge in [-0.2, -0.15) is 0 Å². The molecule has 0 heterocycles. The van der Waals surface area contributed by atoms with Gasteiger partial charge < -0.3 is 10.2 Å². The van der Waals surface area contributed by atoms with Crippen LogP contribution in [0, 0.1) is 12.7 Å². The van der Waals surface area contributed by atoms with Gasteiger partial charge in [-0.25, -0.2) is 4.39 Å². The van der Waals surface area contributed by atoms with Gasteiger partial charge in [-0.05, 0) is 43.7 Å². The quantitative estimate of drug-likeness (QED) is 0.722. The summed E-state index contributed by atoms with van der Waals surface area (Å²) >= 11 is 0. The largest absolute Gasteiger partial charge is 0.364 e. The van der Waals surface area contributed by atoms with E-state index < -0.39 is 0 Å². The van der Waals surface area contributed by atoms with Crippen molar-refractivity contribution in [3.63, 3.8) is 0 Å². The summed E-state index contributed by atoms with van der Waals surface area (Å²) in [5.74, 6) is -0.161.